The lowest BCUT2D eigenvalue weighted by molar-refractivity contribution is 0.431. The van der Waals surface area contributed by atoms with Crippen LogP contribution in [0.5, 0.6) is 0 Å². The molecule has 31 heavy (non-hydrogen) atoms. The largest absolute Gasteiger partial charge is 0.243 e. The van der Waals surface area contributed by atoms with Crippen LogP contribution in [0.1, 0.15) is 27.8 Å². The van der Waals surface area contributed by atoms with Crippen molar-refractivity contribution in [3.63, 3.8) is 0 Å². The highest BCUT2D eigenvalue weighted by Crippen LogP contribution is 2.35. The number of sulfonamides is 1. The van der Waals surface area contributed by atoms with Gasteiger partial charge < -0.3 is 0 Å². The minimum atomic E-state index is -3.58. The Morgan fingerprint density at radius 1 is 0.806 bits per heavy atom. The van der Waals surface area contributed by atoms with Gasteiger partial charge in [0.2, 0.25) is 10.0 Å². The Hall–Kier alpha value is -3.39. The fourth-order valence-corrected chi connectivity index (χ4v) is 5.41. The van der Waals surface area contributed by atoms with Gasteiger partial charge in [-0.15, -0.1) is 0 Å². The summed E-state index contributed by atoms with van der Waals surface area (Å²) in [7, 11) is -3.58. The normalized spacial score (nSPS) is 13.6. The lowest BCUT2D eigenvalue weighted by Gasteiger charge is -2.15. The van der Waals surface area contributed by atoms with E-state index >= 15 is 0 Å². The van der Waals surface area contributed by atoms with E-state index in [9.17, 15) is 8.42 Å². The molecule has 4 aromatic rings. The molecule has 0 aliphatic carbocycles. The van der Waals surface area contributed by atoms with Gasteiger partial charge in [0, 0.05) is 24.2 Å². The third-order valence-electron chi connectivity index (χ3n) is 5.69. The van der Waals surface area contributed by atoms with Crippen molar-refractivity contribution < 1.29 is 8.42 Å². The molecule has 0 aromatic heterocycles. The second-order valence-corrected chi connectivity index (χ2v) is 9.75. The van der Waals surface area contributed by atoms with E-state index in [2.05, 4.69) is 30.0 Å². The summed E-state index contributed by atoms with van der Waals surface area (Å²) in [6, 6.07) is 27.1. The summed E-state index contributed by atoms with van der Waals surface area (Å²) in [5.41, 5.74) is 4.91. The molecule has 0 fully saturated rings. The fraction of sp³-hybridized carbons (Fsp3) is 0.111. The molecule has 0 bridgehead atoms. The third kappa shape index (κ3) is 3.63. The predicted octanol–water partition coefficient (Wildman–Crippen LogP) is 5.25. The van der Waals surface area contributed by atoms with Crippen LogP contribution in [0.25, 0.3) is 10.8 Å². The molecule has 0 saturated heterocycles. The summed E-state index contributed by atoms with van der Waals surface area (Å²) in [6.07, 6.45) is 0. The molecule has 0 amide bonds. The molecule has 152 valence electrons. The van der Waals surface area contributed by atoms with Crippen molar-refractivity contribution in [2.24, 2.45) is 0 Å². The summed E-state index contributed by atoms with van der Waals surface area (Å²) in [5.74, 6) is 6.61. The molecular formula is C27H21NO2S. The predicted molar refractivity (Wildman–Crippen MR) is 124 cm³/mol. The average molecular weight is 424 g/mol. The molecule has 4 aromatic carbocycles. The van der Waals surface area contributed by atoms with Crippen LogP contribution in [0.4, 0.5) is 0 Å². The number of aryl methyl sites for hydroxylation is 1. The van der Waals surface area contributed by atoms with Crippen molar-refractivity contribution in [3.05, 3.63) is 113 Å². The number of hydrogen-bond acceptors (Lipinski definition) is 2. The lowest BCUT2D eigenvalue weighted by Crippen LogP contribution is -2.25. The molecule has 1 aliphatic heterocycles. The van der Waals surface area contributed by atoms with Crippen LogP contribution in [-0.4, -0.2) is 12.7 Å². The zero-order valence-electron chi connectivity index (χ0n) is 17.2. The van der Waals surface area contributed by atoms with Crippen molar-refractivity contribution >= 4 is 20.8 Å². The minimum Gasteiger partial charge on any atom is -0.207 e. The van der Waals surface area contributed by atoms with Gasteiger partial charge in [-0.05, 0) is 59.2 Å². The first-order valence-corrected chi connectivity index (χ1v) is 11.6. The van der Waals surface area contributed by atoms with Gasteiger partial charge in [-0.25, -0.2) is 8.42 Å². The highest BCUT2D eigenvalue weighted by atomic mass is 32.2. The standard InChI is InChI=1S/C27H21NO2S/c1-20-11-14-24(15-12-20)31(29,30)28-18-23-17-22-9-5-6-10-25(22)26(27(23)19-28)16-13-21-7-3-2-4-8-21/h2-12,14-15,17H,18-19H2,1H3. The summed E-state index contributed by atoms with van der Waals surface area (Å²) < 4.78 is 28.1. The molecule has 0 saturated carbocycles. The highest BCUT2D eigenvalue weighted by Gasteiger charge is 2.32. The quantitative estimate of drug-likeness (QED) is 0.413. The summed E-state index contributed by atoms with van der Waals surface area (Å²) >= 11 is 0. The molecule has 0 N–H and O–H groups in total. The molecule has 1 aliphatic rings. The number of nitrogens with zero attached hydrogens (tertiary/aromatic N) is 1. The van der Waals surface area contributed by atoms with Gasteiger partial charge in [-0.2, -0.15) is 4.31 Å². The topological polar surface area (TPSA) is 37.4 Å². The number of hydrogen-bond donors (Lipinski definition) is 0. The maximum atomic E-state index is 13.3. The van der Waals surface area contributed by atoms with Crippen molar-refractivity contribution in [2.75, 3.05) is 0 Å². The molecule has 5 rings (SSSR count). The van der Waals surface area contributed by atoms with E-state index < -0.39 is 10.0 Å². The van der Waals surface area contributed by atoms with Crippen LogP contribution < -0.4 is 0 Å². The van der Waals surface area contributed by atoms with Crippen LogP contribution in [0, 0.1) is 18.8 Å². The molecule has 0 spiro atoms. The number of rotatable bonds is 2. The lowest BCUT2D eigenvalue weighted by atomic mass is 9.95. The fourth-order valence-electron chi connectivity index (χ4n) is 4.02. The Labute approximate surface area is 183 Å². The Balaban J connectivity index is 1.61. The van der Waals surface area contributed by atoms with Crippen molar-refractivity contribution in [1.82, 2.24) is 4.31 Å². The summed E-state index contributed by atoms with van der Waals surface area (Å²) in [6.45, 7) is 2.64. The molecule has 1 heterocycles. The van der Waals surface area contributed by atoms with Crippen molar-refractivity contribution in [1.29, 1.82) is 0 Å². The van der Waals surface area contributed by atoms with Gasteiger partial charge in [0.05, 0.1) is 4.90 Å². The van der Waals surface area contributed by atoms with E-state index in [1.54, 1.807) is 16.4 Å². The number of benzene rings is 4. The average Bonchev–Trinajstić information content (AvgIpc) is 3.22. The molecule has 3 nitrogen and oxygen atoms in total. The number of fused-ring (bicyclic) bond motifs is 2. The minimum absolute atomic E-state index is 0.326. The van der Waals surface area contributed by atoms with E-state index in [1.807, 2.05) is 61.5 Å². The monoisotopic (exact) mass is 423 g/mol. The van der Waals surface area contributed by atoms with Gasteiger partial charge in [-0.3, -0.25) is 0 Å². The van der Waals surface area contributed by atoms with Crippen molar-refractivity contribution in [2.45, 2.75) is 24.9 Å². The highest BCUT2D eigenvalue weighted by molar-refractivity contribution is 7.89. The van der Waals surface area contributed by atoms with E-state index in [0.29, 0.717) is 18.0 Å². The Morgan fingerprint density at radius 2 is 1.52 bits per heavy atom. The molecule has 0 atom stereocenters. The third-order valence-corrected chi connectivity index (χ3v) is 7.50. The molecule has 0 radical (unpaired) electrons. The van der Waals surface area contributed by atoms with Crippen LogP contribution in [0.3, 0.4) is 0 Å². The van der Waals surface area contributed by atoms with Crippen LogP contribution in [-0.2, 0) is 23.1 Å². The second kappa shape index (κ2) is 7.70. The SMILES string of the molecule is Cc1ccc(S(=O)(=O)N2Cc3cc4ccccc4c(C#Cc4ccccc4)c3C2)cc1. The summed E-state index contributed by atoms with van der Waals surface area (Å²) in [5, 5.41) is 2.13. The van der Waals surface area contributed by atoms with Crippen LogP contribution in [0.2, 0.25) is 0 Å². The van der Waals surface area contributed by atoms with E-state index in [1.165, 1.54) is 0 Å². The smallest absolute Gasteiger partial charge is 0.207 e. The van der Waals surface area contributed by atoms with Gasteiger partial charge in [0.25, 0.3) is 0 Å². The Bertz CT molecular complexity index is 1440. The first kappa shape index (κ1) is 19.6. The Kier molecular flexibility index (Phi) is 4.86. The maximum absolute atomic E-state index is 13.3. The van der Waals surface area contributed by atoms with Gasteiger partial charge in [-0.1, -0.05) is 72.0 Å². The maximum Gasteiger partial charge on any atom is 0.243 e. The van der Waals surface area contributed by atoms with Crippen molar-refractivity contribution in [3.8, 4) is 11.8 Å². The first-order chi connectivity index (χ1) is 15.0. The van der Waals surface area contributed by atoms with E-state index in [-0.39, 0.29) is 0 Å². The Morgan fingerprint density at radius 3 is 2.29 bits per heavy atom. The zero-order valence-corrected chi connectivity index (χ0v) is 18.0. The van der Waals surface area contributed by atoms with Gasteiger partial charge in [0.1, 0.15) is 0 Å². The van der Waals surface area contributed by atoms with E-state index in [4.69, 9.17) is 0 Å². The molecular weight excluding hydrogens is 402 g/mol. The summed E-state index contributed by atoms with van der Waals surface area (Å²) in [4.78, 5) is 0.326. The first-order valence-electron chi connectivity index (χ1n) is 10.2. The van der Waals surface area contributed by atoms with Gasteiger partial charge in [0.15, 0.2) is 0 Å². The van der Waals surface area contributed by atoms with E-state index in [0.717, 1.165) is 38.6 Å². The molecule has 4 heteroatoms. The van der Waals surface area contributed by atoms with Crippen LogP contribution >= 0.6 is 0 Å². The van der Waals surface area contributed by atoms with Crippen LogP contribution in [0.15, 0.2) is 89.8 Å². The molecule has 0 unspecified atom stereocenters. The second-order valence-electron chi connectivity index (χ2n) is 7.81. The zero-order chi connectivity index (χ0) is 21.4. The van der Waals surface area contributed by atoms with Gasteiger partial charge >= 0.3 is 0 Å².